The number of nitrogens with one attached hydrogen (secondary N) is 2. The number of para-hydroxylation sites is 1. The Morgan fingerprint density at radius 2 is 2.16 bits per heavy atom. The molecule has 0 saturated carbocycles. The third-order valence-electron chi connectivity index (χ3n) is 3.73. The van der Waals surface area contributed by atoms with E-state index < -0.39 is 12.1 Å². The second-order valence-electron chi connectivity index (χ2n) is 5.67. The molecule has 2 heterocycles. The molecule has 9 heteroatoms. The number of rotatable bonds is 5. The largest absolute Gasteiger partial charge is 0.392 e. The third kappa shape index (κ3) is 3.32. The Bertz CT molecular complexity index is 921. The number of nitrogens with two attached hydrogens (primary N) is 1. The number of hydroxylamine groups is 1. The van der Waals surface area contributed by atoms with Gasteiger partial charge < -0.3 is 20.7 Å². The molecule has 0 radical (unpaired) electrons. The van der Waals surface area contributed by atoms with Crippen molar-refractivity contribution in [1.82, 2.24) is 25.3 Å². The van der Waals surface area contributed by atoms with Gasteiger partial charge in [-0.3, -0.25) is 4.84 Å². The molecule has 1 aromatic carbocycles. The first kappa shape index (κ1) is 16.9. The van der Waals surface area contributed by atoms with Crippen LogP contribution in [-0.4, -0.2) is 38.8 Å². The first-order valence-electron chi connectivity index (χ1n) is 7.82. The number of imidazole rings is 1. The average Bonchev–Trinajstić information content (AvgIpc) is 2.93. The van der Waals surface area contributed by atoms with Crippen LogP contribution in [0.15, 0.2) is 24.3 Å². The van der Waals surface area contributed by atoms with Crippen LogP contribution in [0.4, 0.5) is 10.6 Å². The number of fused-ring (bicyclic) bond motifs is 3. The second kappa shape index (κ2) is 6.91. The lowest BCUT2D eigenvalue weighted by molar-refractivity contribution is 0.0433. The molecule has 0 aliphatic carbocycles. The molecule has 0 spiro atoms. The zero-order chi connectivity index (χ0) is 18.0. The summed E-state index contributed by atoms with van der Waals surface area (Å²) in [7, 11) is 1.49. The van der Waals surface area contributed by atoms with Crippen LogP contribution in [-0.2, 0) is 18.0 Å². The second-order valence-corrected chi connectivity index (χ2v) is 5.67. The van der Waals surface area contributed by atoms with Gasteiger partial charge in [0.1, 0.15) is 17.9 Å². The third-order valence-corrected chi connectivity index (χ3v) is 3.73. The minimum Gasteiger partial charge on any atom is -0.392 e. The van der Waals surface area contributed by atoms with Gasteiger partial charge in [-0.1, -0.05) is 18.2 Å². The monoisotopic (exact) mass is 344 g/mol. The SMILES string of the molecule is CNC(=O)NOCc1nc2c(N)nc3ccccc3c2n1CC(C)O. The summed E-state index contributed by atoms with van der Waals surface area (Å²) in [5.41, 5.74) is 10.4. The number of urea groups is 1. The minimum absolute atomic E-state index is 0.0165. The fourth-order valence-corrected chi connectivity index (χ4v) is 2.69. The van der Waals surface area contributed by atoms with Crippen molar-refractivity contribution in [2.45, 2.75) is 26.2 Å². The molecule has 2 aromatic heterocycles. The lowest BCUT2D eigenvalue weighted by Gasteiger charge is -2.12. The molecule has 0 bridgehead atoms. The minimum atomic E-state index is -0.601. The molecule has 3 aromatic rings. The first-order chi connectivity index (χ1) is 12.0. The summed E-state index contributed by atoms with van der Waals surface area (Å²) in [6.45, 7) is 2.01. The van der Waals surface area contributed by atoms with Gasteiger partial charge in [0.05, 0.1) is 23.7 Å². The Morgan fingerprint density at radius 3 is 2.88 bits per heavy atom. The maximum Gasteiger partial charge on any atom is 0.338 e. The number of amides is 2. The van der Waals surface area contributed by atoms with E-state index in [1.807, 2.05) is 28.8 Å². The van der Waals surface area contributed by atoms with E-state index in [-0.39, 0.29) is 6.61 Å². The van der Waals surface area contributed by atoms with Crippen molar-refractivity contribution < 1.29 is 14.7 Å². The zero-order valence-electron chi connectivity index (χ0n) is 14.0. The van der Waals surface area contributed by atoms with Gasteiger partial charge in [0, 0.05) is 12.4 Å². The number of benzene rings is 1. The van der Waals surface area contributed by atoms with E-state index in [4.69, 9.17) is 10.6 Å². The summed E-state index contributed by atoms with van der Waals surface area (Å²) < 4.78 is 1.84. The van der Waals surface area contributed by atoms with Gasteiger partial charge in [-0.05, 0) is 13.0 Å². The van der Waals surface area contributed by atoms with Crippen molar-refractivity contribution in [3.05, 3.63) is 30.1 Å². The number of carbonyl (C=O) groups is 1. The Morgan fingerprint density at radius 1 is 1.40 bits per heavy atom. The molecular weight excluding hydrogens is 324 g/mol. The van der Waals surface area contributed by atoms with Gasteiger partial charge in [-0.15, -0.1) is 0 Å². The highest BCUT2D eigenvalue weighted by molar-refractivity contribution is 6.06. The first-order valence-corrected chi connectivity index (χ1v) is 7.82. The highest BCUT2D eigenvalue weighted by Gasteiger charge is 2.18. The topological polar surface area (TPSA) is 127 Å². The van der Waals surface area contributed by atoms with Crippen molar-refractivity contribution in [3.63, 3.8) is 0 Å². The predicted octanol–water partition coefficient (Wildman–Crippen LogP) is 0.908. The number of hydrogen-bond donors (Lipinski definition) is 4. The standard InChI is InChI=1S/C16H20N6O3/c1-9(23)7-22-12(8-25-21-16(24)18-2)20-13-14(22)10-5-3-4-6-11(10)19-15(13)17/h3-6,9,23H,7-8H2,1-2H3,(H2,17,19)(H2,18,21,24). The number of aliphatic hydroxyl groups is 1. The van der Waals surface area contributed by atoms with Crippen LogP contribution in [0.3, 0.4) is 0 Å². The number of hydrogen-bond acceptors (Lipinski definition) is 6. The van der Waals surface area contributed by atoms with E-state index in [1.54, 1.807) is 6.92 Å². The molecule has 0 aliphatic heterocycles. The number of anilines is 1. The molecule has 5 N–H and O–H groups in total. The smallest absolute Gasteiger partial charge is 0.338 e. The molecule has 1 atom stereocenters. The molecule has 132 valence electrons. The van der Waals surface area contributed by atoms with Crippen molar-refractivity contribution in [3.8, 4) is 0 Å². The van der Waals surface area contributed by atoms with E-state index in [2.05, 4.69) is 20.8 Å². The molecule has 3 rings (SSSR count). The Kier molecular flexibility index (Phi) is 4.68. The van der Waals surface area contributed by atoms with Crippen LogP contribution in [0, 0.1) is 0 Å². The molecular formula is C16H20N6O3. The summed E-state index contributed by atoms with van der Waals surface area (Å²) in [6.07, 6.45) is -0.601. The van der Waals surface area contributed by atoms with Gasteiger partial charge in [0.25, 0.3) is 0 Å². The van der Waals surface area contributed by atoms with Gasteiger partial charge in [-0.25, -0.2) is 20.2 Å². The normalized spacial score (nSPS) is 12.4. The number of carbonyl (C=O) groups excluding carboxylic acids is 1. The van der Waals surface area contributed by atoms with Crippen LogP contribution in [0.5, 0.6) is 0 Å². The number of aliphatic hydroxyl groups excluding tert-OH is 1. The maximum atomic E-state index is 11.2. The van der Waals surface area contributed by atoms with Crippen LogP contribution in [0.2, 0.25) is 0 Å². The summed E-state index contributed by atoms with van der Waals surface area (Å²) in [5.74, 6) is 0.829. The maximum absolute atomic E-state index is 11.2. The van der Waals surface area contributed by atoms with Gasteiger partial charge >= 0.3 is 6.03 Å². The Hall–Kier alpha value is -2.91. The van der Waals surface area contributed by atoms with Gasteiger partial charge in [-0.2, -0.15) is 0 Å². The van der Waals surface area contributed by atoms with Gasteiger partial charge in [0.2, 0.25) is 0 Å². The Balaban J connectivity index is 2.11. The van der Waals surface area contributed by atoms with E-state index in [1.165, 1.54) is 7.05 Å². The molecule has 1 unspecified atom stereocenters. The number of pyridine rings is 1. The van der Waals surface area contributed by atoms with E-state index in [9.17, 15) is 9.90 Å². The van der Waals surface area contributed by atoms with Crippen molar-refractivity contribution in [2.75, 3.05) is 12.8 Å². The van der Waals surface area contributed by atoms with Crippen LogP contribution in [0.25, 0.3) is 21.9 Å². The Labute approximate surface area is 143 Å². The lowest BCUT2D eigenvalue weighted by Crippen LogP contribution is -2.33. The summed E-state index contributed by atoms with van der Waals surface area (Å²) in [5, 5.41) is 13.2. The summed E-state index contributed by atoms with van der Waals surface area (Å²) in [4.78, 5) is 25.3. The summed E-state index contributed by atoms with van der Waals surface area (Å²) >= 11 is 0. The van der Waals surface area contributed by atoms with E-state index >= 15 is 0 Å². The molecule has 9 nitrogen and oxygen atoms in total. The highest BCUT2D eigenvalue weighted by Crippen LogP contribution is 2.29. The molecule has 0 fully saturated rings. The fraction of sp³-hybridized carbons (Fsp3) is 0.312. The summed E-state index contributed by atoms with van der Waals surface area (Å²) in [6, 6.07) is 7.12. The highest BCUT2D eigenvalue weighted by atomic mass is 16.7. The fourth-order valence-electron chi connectivity index (χ4n) is 2.69. The lowest BCUT2D eigenvalue weighted by atomic mass is 10.2. The van der Waals surface area contributed by atoms with Gasteiger partial charge in [0.15, 0.2) is 5.82 Å². The van der Waals surface area contributed by atoms with Crippen LogP contribution < -0.4 is 16.5 Å². The van der Waals surface area contributed by atoms with Crippen molar-refractivity contribution in [2.24, 2.45) is 0 Å². The number of nitrogens with zero attached hydrogens (tertiary/aromatic N) is 3. The molecule has 25 heavy (non-hydrogen) atoms. The van der Waals surface area contributed by atoms with Crippen molar-refractivity contribution in [1.29, 1.82) is 0 Å². The van der Waals surface area contributed by atoms with E-state index in [0.29, 0.717) is 23.7 Å². The average molecular weight is 344 g/mol. The molecule has 0 aliphatic rings. The molecule has 0 saturated heterocycles. The van der Waals surface area contributed by atoms with Crippen LogP contribution in [0.1, 0.15) is 12.7 Å². The van der Waals surface area contributed by atoms with E-state index in [0.717, 1.165) is 16.4 Å². The quantitative estimate of drug-likeness (QED) is 0.509. The number of nitrogen functional groups attached to an aromatic ring is 1. The van der Waals surface area contributed by atoms with Crippen LogP contribution >= 0.6 is 0 Å². The molecule has 2 amide bonds. The number of aromatic nitrogens is 3. The predicted molar refractivity (Wildman–Crippen MR) is 93.5 cm³/mol. The zero-order valence-corrected chi connectivity index (χ0v) is 14.0. The van der Waals surface area contributed by atoms with Crippen molar-refractivity contribution >= 4 is 33.8 Å².